The first-order valence-corrected chi connectivity index (χ1v) is 6.25. The highest BCUT2D eigenvalue weighted by molar-refractivity contribution is 5.35. The van der Waals surface area contributed by atoms with Gasteiger partial charge in [-0.25, -0.2) is 0 Å². The molecule has 1 heterocycles. The fraction of sp³-hybridized carbons (Fsp3) is 0.571. The minimum Gasteiger partial charge on any atom is -0.493 e. The van der Waals surface area contributed by atoms with E-state index >= 15 is 0 Å². The second kappa shape index (κ2) is 3.77. The molecule has 0 bridgehead atoms. The Morgan fingerprint density at radius 1 is 1.31 bits per heavy atom. The number of para-hydroxylation sites is 1. The topological polar surface area (TPSA) is 35.2 Å². The Morgan fingerprint density at radius 3 is 2.88 bits per heavy atom. The van der Waals surface area contributed by atoms with E-state index in [0.717, 1.165) is 18.9 Å². The van der Waals surface area contributed by atoms with Crippen LogP contribution in [0, 0.1) is 11.3 Å². The highest BCUT2D eigenvalue weighted by atomic mass is 16.5. The van der Waals surface area contributed by atoms with Gasteiger partial charge in [0.25, 0.3) is 0 Å². The van der Waals surface area contributed by atoms with E-state index in [1.807, 2.05) is 6.07 Å². The summed E-state index contributed by atoms with van der Waals surface area (Å²) in [5.41, 5.74) is 7.61. The molecule has 1 aliphatic heterocycles. The van der Waals surface area contributed by atoms with Gasteiger partial charge in [0.1, 0.15) is 5.75 Å². The van der Waals surface area contributed by atoms with E-state index in [0.29, 0.717) is 11.3 Å². The van der Waals surface area contributed by atoms with E-state index < -0.39 is 0 Å². The van der Waals surface area contributed by atoms with Crippen molar-refractivity contribution in [3.05, 3.63) is 29.8 Å². The van der Waals surface area contributed by atoms with Gasteiger partial charge in [0.2, 0.25) is 0 Å². The Balaban J connectivity index is 1.78. The Kier molecular flexibility index (Phi) is 2.40. The van der Waals surface area contributed by atoms with Gasteiger partial charge < -0.3 is 10.5 Å². The lowest BCUT2D eigenvalue weighted by Gasteiger charge is -2.31. The normalized spacial score (nSPS) is 25.7. The molecule has 0 radical (unpaired) electrons. The molecule has 86 valence electrons. The van der Waals surface area contributed by atoms with Crippen molar-refractivity contribution in [2.45, 2.75) is 25.7 Å². The fourth-order valence-electron chi connectivity index (χ4n) is 3.03. The largest absolute Gasteiger partial charge is 0.493 e. The van der Waals surface area contributed by atoms with Gasteiger partial charge in [-0.15, -0.1) is 0 Å². The molecule has 1 atom stereocenters. The van der Waals surface area contributed by atoms with Crippen LogP contribution in [0.4, 0.5) is 0 Å². The number of benzene rings is 1. The summed E-state index contributed by atoms with van der Waals surface area (Å²) in [4.78, 5) is 0. The maximum Gasteiger partial charge on any atom is 0.122 e. The lowest BCUT2D eigenvalue weighted by Crippen LogP contribution is -2.30. The van der Waals surface area contributed by atoms with Crippen LogP contribution in [0.3, 0.4) is 0 Å². The van der Waals surface area contributed by atoms with Gasteiger partial charge in [-0.1, -0.05) is 18.2 Å². The number of hydrogen-bond donors (Lipinski definition) is 1. The van der Waals surface area contributed by atoms with Crippen molar-refractivity contribution in [1.29, 1.82) is 0 Å². The van der Waals surface area contributed by atoms with Crippen molar-refractivity contribution in [3.8, 4) is 5.75 Å². The summed E-state index contributed by atoms with van der Waals surface area (Å²) in [6.45, 7) is 1.70. The SMILES string of the molecule is NCCC1(C2COc3ccccc3C2)CC1. The molecule has 2 N–H and O–H groups in total. The summed E-state index contributed by atoms with van der Waals surface area (Å²) >= 11 is 0. The molecule has 3 rings (SSSR count). The van der Waals surface area contributed by atoms with Crippen LogP contribution < -0.4 is 10.5 Å². The molecule has 1 aliphatic carbocycles. The van der Waals surface area contributed by atoms with Crippen molar-refractivity contribution in [2.24, 2.45) is 17.1 Å². The highest BCUT2D eigenvalue weighted by Crippen LogP contribution is 2.56. The average molecular weight is 217 g/mol. The molecule has 0 amide bonds. The van der Waals surface area contributed by atoms with Crippen molar-refractivity contribution in [1.82, 2.24) is 0 Å². The standard InChI is InChI=1S/C14H19NO/c15-8-7-14(5-6-14)12-9-11-3-1-2-4-13(11)16-10-12/h1-4,12H,5-10,15H2. The zero-order chi connectivity index (χ0) is 11.0. The van der Waals surface area contributed by atoms with Crippen LogP contribution in [0.15, 0.2) is 24.3 Å². The van der Waals surface area contributed by atoms with Crippen LogP contribution in [0.2, 0.25) is 0 Å². The van der Waals surface area contributed by atoms with E-state index in [4.69, 9.17) is 10.5 Å². The second-order valence-corrected chi connectivity index (χ2v) is 5.22. The molecule has 2 aliphatic rings. The van der Waals surface area contributed by atoms with Crippen molar-refractivity contribution in [2.75, 3.05) is 13.2 Å². The Hall–Kier alpha value is -1.02. The quantitative estimate of drug-likeness (QED) is 0.843. The van der Waals surface area contributed by atoms with Crippen molar-refractivity contribution >= 4 is 0 Å². The molecule has 1 unspecified atom stereocenters. The van der Waals surface area contributed by atoms with E-state index in [1.54, 1.807) is 0 Å². The molecular formula is C14H19NO. The van der Waals surface area contributed by atoms with Crippen LogP contribution in [0.25, 0.3) is 0 Å². The van der Waals surface area contributed by atoms with Gasteiger partial charge >= 0.3 is 0 Å². The molecule has 1 aromatic rings. The van der Waals surface area contributed by atoms with Gasteiger partial charge in [0.05, 0.1) is 6.61 Å². The molecule has 0 spiro atoms. The molecule has 0 saturated heterocycles. The average Bonchev–Trinajstić information content (AvgIpc) is 3.10. The number of rotatable bonds is 3. The molecule has 1 saturated carbocycles. The minimum absolute atomic E-state index is 0.516. The molecular weight excluding hydrogens is 198 g/mol. The lowest BCUT2D eigenvalue weighted by molar-refractivity contribution is 0.151. The summed E-state index contributed by atoms with van der Waals surface area (Å²) in [5.74, 6) is 1.77. The first-order chi connectivity index (χ1) is 7.84. The van der Waals surface area contributed by atoms with E-state index in [-0.39, 0.29) is 0 Å². The number of nitrogens with two attached hydrogens (primary N) is 1. The van der Waals surface area contributed by atoms with Crippen molar-refractivity contribution < 1.29 is 4.74 Å². The van der Waals surface area contributed by atoms with E-state index in [1.165, 1.54) is 31.2 Å². The summed E-state index contributed by atoms with van der Waals surface area (Å²) in [5, 5.41) is 0. The second-order valence-electron chi connectivity index (χ2n) is 5.22. The fourth-order valence-corrected chi connectivity index (χ4v) is 3.03. The van der Waals surface area contributed by atoms with E-state index in [9.17, 15) is 0 Å². The predicted molar refractivity (Wildman–Crippen MR) is 64.5 cm³/mol. The number of ether oxygens (including phenoxy) is 1. The van der Waals surface area contributed by atoms with Crippen LogP contribution in [0.5, 0.6) is 5.75 Å². The Bertz CT molecular complexity index is 384. The molecule has 16 heavy (non-hydrogen) atoms. The highest BCUT2D eigenvalue weighted by Gasteiger charge is 2.49. The number of fused-ring (bicyclic) bond motifs is 1. The predicted octanol–water partition coefficient (Wildman–Crippen LogP) is 2.37. The van der Waals surface area contributed by atoms with Gasteiger partial charge in [-0.05, 0) is 49.3 Å². The summed E-state index contributed by atoms with van der Waals surface area (Å²) < 4.78 is 5.87. The van der Waals surface area contributed by atoms with Gasteiger partial charge in [-0.3, -0.25) is 0 Å². The van der Waals surface area contributed by atoms with Crippen molar-refractivity contribution in [3.63, 3.8) is 0 Å². The molecule has 1 fully saturated rings. The zero-order valence-corrected chi connectivity index (χ0v) is 9.61. The smallest absolute Gasteiger partial charge is 0.122 e. The van der Waals surface area contributed by atoms with Crippen LogP contribution >= 0.6 is 0 Å². The summed E-state index contributed by atoms with van der Waals surface area (Å²) in [6, 6.07) is 8.42. The Labute approximate surface area is 96.8 Å². The number of hydrogen-bond acceptors (Lipinski definition) is 2. The maximum absolute atomic E-state index is 5.87. The monoisotopic (exact) mass is 217 g/mol. The third kappa shape index (κ3) is 1.61. The van der Waals surface area contributed by atoms with Gasteiger partial charge in [0, 0.05) is 5.92 Å². The Morgan fingerprint density at radius 2 is 2.12 bits per heavy atom. The van der Waals surface area contributed by atoms with Gasteiger partial charge in [0.15, 0.2) is 0 Å². The molecule has 0 aromatic heterocycles. The summed E-state index contributed by atoms with van der Waals surface area (Å²) in [6.07, 6.45) is 5.04. The van der Waals surface area contributed by atoms with E-state index in [2.05, 4.69) is 18.2 Å². The van der Waals surface area contributed by atoms with Gasteiger partial charge in [-0.2, -0.15) is 0 Å². The van der Waals surface area contributed by atoms with Crippen LogP contribution in [-0.4, -0.2) is 13.2 Å². The molecule has 2 heteroatoms. The molecule has 2 nitrogen and oxygen atoms in total. The minimum atomic E-state index is 0.516. The van der Waals surface area contributed by atoms with Crippen LogP contribution in [-0.2, 0) is 6.42 Å². The van der Waals surface area contributed by atoms with Crippen LogP contribution in [0.1, 0.15) is 24.8 Å². The molecule has 1 aromatic carbocycles. The first-order valence-electron chi connectivity index (χ1n) is 6.25. The lowest BCUT2D eigenvalue weighted by atomic mass is 9.81. The zero-order valence-electron chi connectivity index (χ0n) is 9.61. The third-order valence-corrected chi connectivity index (χ3v) is 4.28. The summed E-state index contributed by atoms with van der Waals surface area (Å²) in [7, 11) is 0. The maximum atomic E-state index is 5.87. The first kappa shape index (κ1) is 10.2. The third-order valence-electron chi connectivity index (χ3n) is 4.28.